The van der Waals surface area contributed by atoms with Gasteiger partial charge >= 0.3 is 0 Å². The van der Waals surface area contributed by atoms with Gasteiger partial charge in [-0.2, -0.15) is 0 Å². The summed E-state index contributed by atoms with van der Waals surface area (Å²) in [5.74, 6) is 0.818. The van der Waals surface area contributed by atoms with Crippen LogP contribution in [0.3, 0.4) is 0 Å². The Morgan fingerprint density at radius 1 is 0.351 bits per heavy atom. The van der Waals surface area contributed by atoms with Gasteiger partial charge < -0.3 is 0 Å². The minimum Gasteiger partial charge on any atom is -0.299 e. The molecule has 3 saturated carbocycles. The molecule has 3 aromatic carbocycles. The van der Waals surface area contributed by atoms with Crippen LogP contribution in [0.4, 0.5) is 0 Å². The Morgan fingerprint density at radius 2 is 0.702 bits per heavy atom. The van der Waals surface area contributed by atoms with Gasteiger partial charge in [-0.05, 0) is 92.7 Å². The number of Topliss-reactive ketones (excluding diaryl/α,β-unsaturated/α-hetero) is 6. The maximum Gasteiger partial charge on any atom is 0.140 e. The lowest BCUT2D eigenvalue weighted by molar-refractivity contribution is -0.131. The van der Waals surface area contributed by atoms with Crippen LogP contribution >= 0.6 is 0 Å². The van der Waals surface area contributed by atoms with Gasteiger partial charge in [0.25, 0.3) is 0 Å². The molecule has 6 rings (SSSR count). The zero-order chi connectivity index (χ0) is 41.1. The summed E-state index contributed by atoms with van der Waals surface area (Å²) in [7, 11) is 0. The van der Waals surface area contributed by atoms with Gasteiger partial charge in [0.15, 0.2) is 0 Å². The van der Waals surface area contributed by atoms with Gasteiger partial charge in [0.05, 0.1) is 19.3 Å². The summed E-state index contributed by atoms with van der Waals surface area (Å²) < 4.78 is 0. The Hall–Kier alpha value is -4.13. The van der Waals surface area contributed by atoms with E-state index in [1.54, 1.807) is 0 Å². The molecule has 3 aliphatic carbocycles. The number of hydrogen-bond donors (Lipinski definition) is 0. The molecule has 0 saturated heterocycles. The molecule has 0 atom stereocenters. The molecular formula is C48H66B3O6. The highest BCUT2D eigenvalue weighted by Crippen LogP contribution is 2.33. The summed E-state index contributed by atoms with van der Waals surface area (Å²) in [4.78, 5) is 68.5. The molecule has 0 amide bonds. The molecule has 57 heavy (non-hydrogen) atoms. The van der Waals surface area contributed by atoms with Crippen LogP contribution < -0.4 is 0 Å². The van der Waals surface area contributed by atoms with Crippen LogP contribution in [0.15, 0.2) is 54.6 Å². The third-order valence-electron chi connectivity index (χ3n) is 9.62. The van der Waals surface area contributed by atoms with Gasteiger partial charge in [-0.15, -0.1) is 0 Å². The Labute approximate surface area is 350 Å². The van der Waals surface area contributed by atoms with Crippen molar-refractivity contribution in [2.75, 3.05) is 0 Å². The quantitative estimate of drug-likeness (QED) is 0.194. The van der Waals surface area contributed by atoms with E-state index in [2.05, 4.69) is 62.4 Å². The number of carbonyl (C=O) groups excluding carboxylic acids is 6. The van der Waals surface area contributed by atoms with Crippen molar-refractivity contribution >= 4 is 59.9 Å². The van der Waals surface area contributed by atoms with E-state index < -0.39 is 0 Å². The van der Waals surface area contributed by atoms with Crippen LogP contribution in [-0.4, -0.2) is 59.9 Å². The minimum absolute atomic E-state index is 0. The monoisotopic (exact) mass is 772 g/mol. The van der Waals surface area contributed by atoms with Crippen molar-refractivity contribution < 1.29 is 28.8 Å². The number of carbonyl (C=O) groups is 6. The Balaban J connectivity index is -0.000000701. The molecule has 9 radical (unpaired) electrons. The van der Waals surface area contributed by atoms with E-state index in [1.165, 1.54) is 38.9 Å². The Kier molecular flexibility index (Phi) is 29.2. The lowest BCUT2D eigenvalue weighted by Gasteiger charge is -2.22. The maximum atomic E-state index is 11.4. The second kappa shape index (κ2) is 29.1. The highest BCUT2D eigenvalue weighted by Gasteiger charge is 2.29. The summed E-state index contributed by atoms with van der Waals surface area (Å²) >= 11 is 0. The van der Waals surface area contributed by atoms with Crippen molar-refractivity contribution in [1.29, 1.82) is 0 Å². The second-order valence-electron chi connectivity index (χ2n) is 14.2. The number of benzene rings is 3. The lowest BCUT2D eigenvalue weighted by Crippen LogP contribution is -2.21. The Morgan fingerprint density at radius 3 is 1.09 bits per heavy atom. The van der Waals surface area contributed by atoms with Crippen molar-refractivity contribution in [2.24, 2.45) is 0 Å². The standard InChI is InChI=1S/3C14H16O2.3C2H6.3B/c1-9-3-10(2)5-11(4-9)12-6-13(15)8-14(16)7-12;1-9-3-4-11(5-10(9)2)12-6-13(15)8-14(16)7-12;1-9-3-4-10(2)14(5-9)11-6-12(15)8-13(16)7-11;3*1-2;;;/h2*3-5,12H,6-8H2,1-2H3;3-5,11H,6-8H2,1-2H3;3*1-2H3;;;. The largest absolute Gasteiger partial charge is 0.299 e. The number of rotatable bonds is 3. The molecule has 9 heteroatoms. The first-order valence-electron chi connectivity index (χ1n) is 20.0. The molecule has 0 bridgehead atoms. The first kappa shape index (κ1) is 57.2. The minimum atomic E-state index is 0. The molecular weight excluding hydrogens is 705 g/mol. The number of hydrogen-bond acceptors (Lipinski definition) is 6. The average molecular weight is 771 g/mol. The fraction of sp³-hybridized carbons (Fsp3) is 0.500. The van der Waals surface area contributed by atoms with E-state index in [0.29, 0.717) is 38.5 Å². The van der Waals surface area contributed by atoms with E-state index in [0.717, 1.165) is 11.1 Å². The molecule has 0 aromatic heterocycles. The van der Waals surface area contributed by atoms with E-state index in [9.17, 15) is 28.8 Å². The van der Waals surface area contributed by atoms with Crippen LogP contribution in [0.5, 0.6) is 0 Å². The van der Waals surface area contributed by atoms with Crippen LogP contribution in [0, 0.1) is 41.5 Å². The van der Waals surface area contributed by atoms with Crippen molar-refractivity contribution in [2.45, 2.75) is 159 Å². The summed E-state index contributed by atoms with van der Waals surface area (Å²) in [5.41, 5.74) is 10.7. The van der Waals surface area contributed by atoms with Gasteiger partial charge in [-0.1, -0.05) is 113 Å². The smallest absolute Gasteiger partial charge is 0.140 e. The molecule has 0 unspecified atom stereocenters. The summed E-state index contributed by atoms with van der Waals surface area (Å²) in [6, 6.07) is 18.7. The fourth-order valence-electron chi connectivity index (χ4n) is 7.11. The van der Waals surface area contributed by atoms with Crippen molar-refractivity contribution in [3.8, 4) is 0 Å². The first-order valence-corrected chi connectivity index (χ1v) is 20.0. The van der Waals surface area contributed by atoms with Crippen LogP contribution in [0.2, 0.25) is 0 Å². The highest BCUT2D eigenvalue weighted by atomic mass is 16.2. The topological polar surface area (TPSA) is 102 Å². The predicted molar refractivity (Wildman–Crippen MR) is 239 cm³/mol. The van der Waals surface area contributed by atoms with Crippen molar-refractivity contribution in [1.82, 2.24) is 0 Å². The first-order chi connectivity index (χ1) is 25.7. The van der Waals surface area contributed by atoms with Crippen molar-refractivity contribution in [3.63, 3.8) is 0 Å². The second-order valence-corrected chi connectivity index (χ2v) is 14.2. The maximum absolute atomic E-state index is 11.4. The third-order valence-corrected chi connectivity index (χ3v) is 9.62. The zero-order valence-corrected chi connectivity index (χ0v) is 37.0. The van der Waals surface area contributed by atoms with Crippen molar-refractivity contribution in [3.05, 3.63) is 105 Å². The zero-order valence-electron chi connectivity index (χ0n) is 37.0. The number of aryl methyl sites for hydroxylation is 6. The predicted octanol–water partition coefficient (Wildman–Crippen LogP) is 10.1. The van der Waals surface area contributed by atoms with E-state index in [4.69, 9.17) is 0 Å². The molecule has 0 N–H and O–H groups in total. The van der Waals surface area contributed by atoms with E-state index in [1.807, 2.05) is 75.3 Å². The van der Waals surface area contributed by atoms with Gasteiger partial charge in [0, 0.05) is 63.8 Å². The summed E-state index contributed by atoms with van der Waals surface area (Å²) in [6.45, 7) is 24.3. The van der Waals surface area contributed by atoms with Crippen LogP contribution in [0.1, 0.15) is 167 Å². The molecule has 3 aromatic rings. The molecule has 3 aliphatic rings. The third kappa shape index (κ3) is 19.2. The fourth-order valence-corrected chi connectivity index (χ4v) is 7.11. The Bertz CT molecular complexity index is 1690. The summed E-state index contributed by atoms with van der Waals surface area (Å²) in [6.07, 6.45) is 3.56. The van der Waals surface area contributed by atoms with Gasteiger partial charge in [-0.3, -0.25) is 28.8 Å². The number of ketones is 6. The van der Waals surface area contributed by atoms with Gasteiger partial charge in [-0.25, -0.2) is 0 Å². The highest BCUT2D eigenvalue weighted by molar-refractivity contribution is 6.03. The van der Waals surface area contributed by atoms with Gasteiger partial charge in [0.1, 0.15) is 34.7 Å². The molecule has 0 spiro atoms. The SMILES string of the molecule is CC.CC.CC.Cc1cc(C)cc(C2CC(=O)CC(=O)C2)c1.Cc1ccc(C)c(C2CC(=O)CC(=O)C2)c1.Cc1ccc(C2CC(=O)CC(=O)C2)cc1C.[B].[B].[B]. The molecule has 3 fully saturated rings. The van der Waals surface area contributed by atoms with Crippen LogP contribution in [-0.2, 0) is 28.8 Å². The summed E-state index contributed by atoms with van der Waals surface area (Å²) in [5, 5.41) is 0. The molecule has 0 aliphatic heterocycles. The molecule has 6 nitrogen and oxygen atoms in total. The van der Waals surface area contributed by atoms with Crippen LogP contribution in [0.25, 0.3) is 0 Å². The molecule has 0 heterocycles. The average Bonchev–Trinajstić information content (AvgIpc) is 3.12. The van der Waals surface area contributed by atoms with E-state index >= 15 is 0 Å². The van der Waals surface area contributed by atoms with E-state index in [-0.39, 0.29) is 97.0 Å². The normalized spacial score (nSPS) is 15.4. The molecule has 303 valence electrons. The lowest BCUT2D eigenvalue weighted by atomic mass is 9.80. The van der Waals surface area contributed by atoms with Gasteiger partial charge in [0.2, 0.25) is 0 Å².